The lowest BCUT2D eigenvalue weighted by atomic mass is 9.71. The molecule has 1 rings (SSSR count). The molecule has 1 amide bonds. The van der Waals surface area contributed by atoms with E-state index in [0.29, 0.717) is 12.8 Å². The van der Waals surface area contributed by atoms with Gasteiger partial charge in [0.1, 0.15) is 0 Å². The Kier molecular flexibility index (Phi) is 4.61. The van der Waals surface area contributed by atoms with E-state index in [1.54, 1.807) is 6.92 Å². The number of aliphatic carboxylic acids is 1. The number of amides is 1. The van der Waals surface area contributed by atoms with Gasteiger partial charge in [-0.1, -0.05) is 33.6 Å². The summed E-state index contributed by atoms with van der Waals surface area (Å²) in [7, 11) is 0. The molecule has 1 aliphatic carbocycles. The highest BCUT2D eigenvalue weighted by molar-refractivity contribution is 5.84. The Hall–Kier alpha value is -1.10. The first-order chi connectivity index (χ1) is 8.59. The Balaban J connectivity index is 2.79. The third-order valence-electron chi connectivity index (χ3n) is 4.23. The molecule has 0 bridgehead atoms. The van der Waals surface area contributed by atoms with Crippen LogP contribution in [0.1, 0.15) is 53.4 Å². The SMILES string of the molecule is CC1(C(=O)O)CCCCC1NC(=O)[C@@H](N)C(C)(C)C. The Morgan fingerprint density at radius 3 is 2.42 bits per heavy atom. The van der Waals surface area contributed by atoms with Gasteiger partial charge in [0, 0.05) is 6.04 Å². The predicted octanol–water partition coefficient (Wildman–Crippen LogP) is 1.51. The number of rotatable bonds is 3. The van der Waals surface area contributed by atoms with Gasteiger partial charge in [0.2, 0.25) is 5.91 Å². The van der Waals surface area contributed by atoms with E-state index in [-0.39, 0.29) is 17.4 Å². The molecule has 3 atom stereocenters. The van der Waals surface area contributed by atoms with E-state index in [4.69, 9.17) is 5.73 Å². The van der Waals surface area contributed by atoms with Crippen molar-refractivity contribution >= 4 is 11.9 Å². The molecule has 1 aliphatic rings. The number of nitrogens with one attached hydrogen (secondary N) is 1. The zero-order chi connectivity index (χ0) is 14.8. The van der Waals surface area contributed by atoms with Crippen LogP contribution in [0.25, 0.3) is 0 Å². The van der Waals surface area contributed by atoms with Gasteiger partial charge in [-0.2, -0.15) is 0 Å². The molecule has 0 aromatic carbocycles. The van der Waals surface area contributed by atoms with Crippen LogP contribution in [0.15, 0.2) is 0 Å². The first-order valence-electron chi connectivity index (χ1n) is 6.88. The molecule has 2 unspecified atom stereocenters. The summed E-state index contributed by atoms with van der Waals surface area (Å²) >= 11 is 0. The number of carboxylic acids is 1. The minimum atomic E-state index is -0.883. The topological polar surface area (TPSA) is 92.4 Å². The fourth-order valence-electron chi connectivity index (χ4n) is 2.48. The molecule has 1 saturated carbocycles. The van der Waals surface area contributed by atoms with E-state index in [1.165, 1.54) is 0 Å². The Bertz CT molecular complexity index is 362. The van der Waals surface area contributed by atoms with Crippen LogP contribution >= 0.6 is 0 Å². The van der Waals surface area contributed by atoms with E-state index in [0.717, 1.165) is 12.8 Å². The minimum Gasteiger partial charge on any atom is -0.481 e. The largest absolute Gasteiger partial charge is 0.481 e. The van der Waals surface area contributed by atoms with E-state index in [9.17, 15) is 14.7 Å². The second kappa shape index (κ2) is 5.49. The number of carbonyl (C=O) groups is 2. The highest BCUT2D eigenvalue weighted by Gasteiger charge is 2.44. The minimum absolute atomic E-state index is 0.258. The molecular formula is C14H26N2O3. The zero-order valence-corrected chi connectivity index (χ0v) is 12.3. The Morgan fingerprint density at radius 1 is 1.37 bits per heavy atom. The maximum absolute atomic E-state index is 12.1. The van der Waals surface area contributed by atoms with Gasteiger partial charge in [-0.05, 0) is 25.2 Å². The first kappa shape index (κ1) is 16.0. The van der Waals surface area contributed by atoms with E-state index in [1.807, 2.05) is 20.8 Å². The van der Waals surface area contributed by atoms with Crippen LogP contribution < -0.4 is 11.1 Å². The van der Waals surface area contributed by atoms with Gasteiger partial charge in [0.15, 0.2) is 0 Å². The fraction of sp³-hybridized carbons (Fsp3) is 0.857. The van der Waals surface area contributed by atoms with Crippen molar-refractivity contribution in [3.63, 3.8) is 0 Å². The summed E-state index contributed by atoms with van der Waals surface area (Å²) in [6.45, 7) is 7.40. The molecule has 1 fully saturated rings. The van der Waals surface area contributed by atoms with Crippen LogP contribution in [-0.2, 0) is 9.59 Å². The van der Waals surface area contributed by atoms with Gasteiger partial charge < -0.3 is 16.2 Å². The molecule has 0 radical (unpaired) electrons. The normalized spacial score (nSPS) is 29.6. The monoisotopic (exact) mass is 270 g/mol. The van der Waals surface area contributed by atoms with Crippen LogP contribution in [0.5, 0.6) is 0 Å². The lowest BCUT2D eigenvalue weighted by Gasteiger charge is -2.39. The quantitative estimate of drug-likeness (QED) is 0.724. The molecule has 0 aromatic heterocycles. The maximum atomic E-state index is 12.1. The average Bonchev–Trinajstić information content (AvgIpc) is 2.29. The zero-order valence-electron chi connectivity index (χ0n) is 12.3. The van der Waals surface area contributed by atoms with Crippen LogP contribution in [-0.4, -0.2) is 29.1 Å². The number of hydrogen-bond acceptors (Lipinski definition) is 3. The number of nitrogens with two attached hydrogens (primary N) is 1. The fourth-order valence-corrected chi connectivity index (χ4v) is 2.48. The second-order valence-corrected chi connectivity index (χ2v) is 6.87. The summed E-state index contributed by atoms with van der Waals surface area (Å²) in [6.07, 6.45) is 3.13. The summed E-state index contributed by atoms with van der Waals surface area (Å²) in [4.78, 5) is 23.6. The molecular weight excluding hydrogens is 244 g/mol. The van der Waals surface area contributed by atoms with Crippen molar-refractivity contribution in [2.45, 2.75) is 65.5 Å². The molecule has 5 nitrogen and oxygen atoms in total. The summed E-state index contributed by atoms with van der Waals surface area (Å²) in [5.74, 6) is -1.10. The molecule has 0 spiro atoms. The van der Waals surface area contributed by atoms with Gasteiger partial charge in [-0.3, -0.25) is 9.59 Å². The van der Waals surface area contributed by atoms with Crippen LogP contribution in [0.2, 0.25) is 0 Å². The second-order valence-electron chi connectivity index (χ2n) is 6.87. The third-order valence-corrected chi connectivity index (χ3v) is 4.23. The van der Waals surface area contributed by atoms with Crippen molar-refractivity contribution < 1.29 is 14.7 Å². The molecule has 4 N–H and O–H groups in total. The summed E-state index contributed by atoms with van der Waals surface area (Å²) < 4.78 is 0. The van der Waals surface area contributed by atoms with Crippen molar-refractivity contribution in [3.8, 4) is 0 Å². The molecule has 110 valence electrons. The van der Waals surface area contributed by atoms with Gasteiger partial charge in [0.05, 0.1) is 11.5 Å². The van der Waals surface area contributed by atoms with Gasteiger partial charge in [0.25, 0.3) is 0 Å². The van der Waals surface area contributed by atoms with Gasteiger partial charge in [-0.15, -0.1) is 0 Å². The van der Waals surface area contributed by atoms with Gasteiger partial charge >= 0.3 is 5.97 Å². The molecule has 0 aliphatic heterocycles. The molecule has 19 heavy (non-hydrogen) atoms. The van der Waals surface area contributed by atoms with Crippen LogP contribution in [0, 0.1) is 10.8 Å². The lowest BCUT2D eigenvalue weighted by Crippen LogP contribution is -2.57. The smallest absolute Gasteiger partial charge is 0.311 e. The highest BCUT2D eigenvalue weighted by atomic mass is 16.4. The number of carboxylic acid groups (broad SMARTS) is 1. The van der Waals surface area contributed by atoms with Crippen molar-refractivity contribution in [3.05, 3.63) is 0 Å². The summed E-state index contributed by atoms with van der Waals surface area (Å²) in [5, 5.41) is 12.2. The lowest BCUT2D eigenvalue weighted by molar-refractivity contribution is -0.152. The molecule has 5 heteroatoms. The van der Waals surface area contributed by atoms with Crippen molar-refractivity contribution in [2.75, 3.05) is 0 Å². The highest BCUT2D eigenvalue weighted by Crippen LogP contribution is 2.36. The third kappa shape index (κ3) is 3.47. The van der Waals surface area contributed by atoms with E-state index >= 15 is 0 Å². The van der Waals surface area contributed by atoms with E-state index in [2.05, 4.69) is 5.32 Å². The maximum Gasteiger partial charge on any atom is 0.311 e. The first-order valence-corrected chi connectivity index (χ1v) is 6.88. The van der Waals surface area contributed by atoms with Crippen LogP contribution in [0.4, 0.5) is 0 Å². The predicted molar refractivity (Wildman–Crippen MR) is 73.6 cm³/mol. The van der Waals surface area contributed by atoms with Crippen molar-refractivity contribution in [2.24, 2.45) is 16.6 Å². The average molecular weight is 270 g/mol. The Labute approximate surface area is 114 Å². The number of carbonyl (C=O) groups excluding carboxylic acids is 1. The molecule has 0 saturated heterocycles. The Morgan fingerprint density at radius 2 is 1.95 bits per heavy atom. The van der Waals surface area contributed by atoms with Crippen molar-refractivity contribution in [1.29, 1.82) is 0 Å². The van der Waals surface area contributed by atoms with Gasteiger partial charge in [-0.25, -0.2) is 0 Å². The van der Waals surface area contributed by atoms with Crippen molar-refractivity contribution in [1.82, 2.24) is 5.32 Å². The standard InChI is InChI=1S/C14H26N2O3/c1-13(2,3)10(15)11(17)16-9-7-5-6-8-14(9,4)12(18)19/h9-10H,5-8,15H2,1-4H3,(H,16,17)(H,18,19)/t9?,10-,14?/m1/s1. The summed E-state index contributed by atoms with van der Waals surface area (Å²) in [6, 6.07) is -0.966. The van der Waals surface area contributed by atoms with Crippen LogP contribution in [0.3, 0.4) is 0 Å². The molecule has 0 aromatic rings. The molecule has 0 heterocycles. The van der Waals surface area contributed by atoms with E-state index < -0.39 is 17.4 Å². The number of hydrogen-bond donors (Lipinski definition) is 3. The summed E-state index contributed by atoms with van der Waals surface area (Å²) in [5.41, 5.74) is 4.70.